The summed E-state index contributed by atoms with van der Waals surface area (Å²) >= 11 is 0. The molecule has 0 bridgehead atoms. The quantitative estimate of drug-likeness (QED) is 0.453. The van der Waals surface area contributed by atoms with Crippen LogP contribution in [0.2, 0.25) is 0 Å². The average Bonchev–Trinajstić information content (AvgIpc) is 1.97. The lowest BCUT2D eigenvalue weighted by atomic mass is 10.4. The molecule has 0 saturated heterocycles. The minimum atomic E-state index is 0.708. The summed E-state index contributed by atoms with van der Waals surface area (Å²) < 4.78 is 5.19. The normalized spacial score (nSPS) is 8.60. The molecule has 2 nitrogen and oxygen atoms in total. The van der Waals surface area contributed by atoms with Gasteiger partial charge in [0.25, 0.3) is 0 Å². The molecule has 2 N–H and O–H groups in total. The van der Waals surface area contributed by atoms with Crippen LogP contribution in [0, 0.1) is 11.8 Å². The summed E-state index contributed by atoms with van der Waals surface area (Å²) in [5.41, 5.74) is 5.26. The van der Waals surface area contributed by atoms with Crippen molar-refractivity contribution in [1.29, 1.82) is 0 Å². The highest BCUT2D eigenvalue weighted by atomic mass is 16.5. The minimum absolute atomic E-state index is 0.708. The van der Waals surface area contributed by atoms with E-state index in [0.29, 0.717) is 6.54 Å². The van der Waals surface area contributed by atoms with Gasteiger partial charge < -0.3 is 10.5 Å². The van der Waals surface area contributed by atoms with Crippen molar-refractivity contribution in [3.63, 3.8) is 0 Å². The standard InChI is InChI=1S/C8H15NO/c1-2-3-4-7-10-8-5-6-9/h4-9H2,1H3. The maximum absolute atomic E-state index is 5.26. The van der Waals surface area contributed by atoms with Gasteiger partial charge in [-0.2, -0.15) is 0 Å². The molecule has 0 unspecified atom stereocenters. The zero-order chi connectivity index (χ0) is 7.66. The zero-order valence-corrected chi connectivity index (χ0v) is 6.52. The Hall–Kier alpha value is -0.520. The first kappa shape index (κ1) is 9.48. The lowest BCUT2D eigenvalue weighted by Gasteiger charge is -1.97. The van der Waals surface area contributed by atoms with Crippen LogP contribution in [0.4, 0.5) is 0 Å². The molecule has 10 heavy (non-hydrogen) atoms. The van der Waals surface area contributed by atoms with E-state index < -0.39 is 0 Å². The van der Waals surface area contributed by atoms with E-state index in [1.54, 1.807) is 0 Å². The second-order valence-electron chi connectivity index (χ2n) is 1.93. The molecule has 0 rings (SSSR count). The molecule has 0 aromatic carbocycles. The smallest absolute Gasteiger partial charge is 0.0575 e. The van der Waals surface area contributed by atoms with Gasteiger partial charge in [0.05, 0.1) is 6.61 Å². The fourth-order valence-electron chi connectivity index (χ4n) is 0.536. The molecule has 0 radical (unpaired) electrons. The van der Waals surface area contributed by atoms with Crippen LogP contribution in [-0.4, -0.2) is 19.8 Å². The van der Waals surface area contributed by atoms with Crippen LogP contribution >= 0.6 is 0 Å². The molecule has 0 aromatic rings. The predicted molar refractivity (Wildman–Crippen MR) is 42.6 cm³/mol. The largest absolute Gasteiger partial charge is 0.380 e. The highest BCUT2D eigenvalue weighted by molar-refractivity contribution is 4.94. The summed E-state index contributed by atoms with van der Waals surface area (Å²) in [4.78, 5) is 0. The van der Waals surface area contributed by atoms with Crippen LogP contribution < -0.4 is 5.73 Å². The molecule has 58 valence electrons. The van der Waals surface area contributed by atoms with Crippen LogP contribution in [0.3, 0.4) is 0 Å². The second-order valence-corrected chi connectivity index (χ2v) is 1.93. The van der Waals surface area contributed by atoms with E-state index in [9.17, 15) is 0 Å². The summed E-state index contributed by atoms with van der Waals surface area (Å²) in [6.07, 6.45) is 1.78. The van der Waals surface area contributed by atoms with Crippen molar-refractivity contribution in [3.05, 3.63) is 0 Å². The summed E-state index contributed by atoms with van der Waals surface area (Å²) in [7, 11) is 0. The van der Waals surface area contributed by atoms with Crippen molar-refractivity contribution in [2.75, 3.05) is 19.8 Å². The van der Waals surface area contributed by atoms with Crippen molar-refractivity contribution < 1.29 is 4.74 Å². The van der Waals surface area contributed by atoms with Crippen molar-refractivity contribution in [2.24, 2.45) is 5.73 Å². The van der Waals surface area contributed by atoms with Gasteiger partial charge in [0.15, 0.2) is 0 Å². The van der Waals surface area contributed by atoms with E-state index in [0.717, 1.165) is 26.1 Å². The fourth-order valence-corrected chi connectivity index (χ4v) is 0.536. The molecule has 0 heterocycles. The first-order chi connectivity index (χ1) is 4.91. The van der Waals surface area contributed by atoms with Crippen molar-refractivity contribution in [2.45, 2.75) is 19.8 Å². The highest BCUT2D eigenvalue weighted by Gasteiger charge is 1.83. The molecule has 0 aliphatic heterocycles. The molecule has 0 fully saturated rings. The van der Waals surface area contributed by atoms with Crippen LogP contribution in [0.5, 0.6) is 0 Å². The Morgan fingerprint density at radius 2 is 2.20 bits per heavy atom. The molecule has 0 aliphatic carbocycles. The maximum Gasteiger partial charge on any atom is 0.0575 e. The Kier molecular flexibility index (Phi) is 8.04. The third-order valence-corrected chi connectivity index (χ3v) is 1.04. The van der Waals surface area contributed by atoms with Crippen LogP contribution in [0.1, 0.15) is 19.8 Å². The molecule has 2 heteroatoms. The Labute approximate surface area is 62.7 Å². The SMILES string of the molecule is CC#CCCOCCCN. The molecule has 0 aliphatic rings. The number of hydrogen-bond donors (Lipinski definition) is 1. The highest BCUT2D eigenvalue weighted by Crippen LogP contribution is 1.82. The van der Waals surface area contributed by atoms with Gasteiger partial charge >= 0.3 is 0 Å². The first-order valence-corrected chi connectivity index (χ1v) is 3.59. The van der Waals surface area contributed by atoms with Crippen LogP contribution in [-0.2, 0) is 4.74 Å². The average molecular weight is 141 g/mol. The summed E-state index contributed by atoms with van der Waals surface area (Å²) in [6.45, 7) is 4.04. The van der Waals surface area contributed by atoms with E-state index in [-0.39, 0.29) is 0 Å². The van der Waals surface area contributed by atoms with E-state index in [1.165, 1.54) is 0 Å². The van der Waals surface area contributed by atoms with Gasteiger partial charge in [0, 0.05) is 13.0 Å². The van der Waals surface area contributed by atoms with Gasteiger partial charge in [-0.1, -0.05) is 0 Å². The Morgan fingerprint density at radius 3 is 2.80 bits per heavy atom. The number of rotatable bonds is 5. The molecule has 0 spiro atoms. The number of ether oxygens (including phenoxy) is 1. The Morgan fingerprint density at radius 1 is 1.40 bits per heavy atom. The molecule has 0 atom stereocenters. The Bertz CT molecular complexity index is 112. The molecule has 0 amide bonds. The lowest BCUT2D eigenvalue weighted by molar-refractivity contribution is 0.139. The van der Waals surface area contributed by atoms with E-state index >= 15 is 0 Å². The van der Waals surface area contributed by atoms with E-state index in [4.69, 9.17) is 10.5 Å². The molecular formula is C8H15NO. The maximum atomic E-state index is 5.26. The number of nitrogens with two attached hydrogens (primary N) is 1. The lowest BCUT2D eigenvalue weighted by Crippen LogP contribution is -2.04. The van der Waals surface area contributed by atoms with Gasteiger partial charge in [0.1, 0.15) is 0 Å². The minimum Gasteiger partial charge on any atom is -0.380 e. The summed E-state index contributed by atoms with van der Waals surface area (Å²) in [6, 6.07) is 0. The molecule has 0 aromatic heterocycles. The van der Waals surface area contributed by atoms with Crippen LogP contribution in [0.15, 0.2) is 0 Å². The Balaban J connectivity index is 2.82. The zero-order valence-electron chi connectivity index (χ0n) is 6.52. The third-order valence-electron chi connectivity index (χ3n) is 1.04. The molecular weight excluding hydrogens is 126 g/mol. The van der Waals surface area contributed by atoms with Gasteiger partial charge in [-0.05, 0) is 19.9 Å². The van der Waals surface area contributed by atoms with Gasteiger partial charge in [0.2, 0.25) is 0 Å². The van der Waals surface area contributed by atoms with E-state index in [2.05, 4.69) is 11.8 Å². The fraction of sp³-hybridized carbons (Fsp3) is 0.750. The van der Waals surface area contributed by atoms with Crippen molar-refractivity contribution >= 4 is 0 Å². The predicted octanol–water partition coefficient (Wildman–Crippen LogP) is 0.765. The summed E-state index contributed by atoms with van der Waals surface area (Å²) in [5, 5.41) is 0. The second kappa shape index (κ2) is 8.48. The van der Waals surface area contributed by atoms with Crippen molar-refractivity contribution in [3.8, 4) is 11.8 Å². The van der Waals surface area contributed by atoms with Gasteiger partial charge in [-0.15, -0.1) is 11.8 Å². The van der Waals surface area contributed by atoms with Crippen molar-refractivity contribution in [1.82, 2.24) is 0 Å². The third kappa shape index (κ3) is 7.48. The van der Waals surface area contributed by atoms with Gasteiger partial charge in [-0.3, -0.25) is 0 Å². The van der Waals surface area contributed by atoms with Crippen LogP contribution in [0.25, 0.3) is 0 Å². The summed E-state index contributed by atoms with van der Waals surface area (Å²) in [5.74, 6) is 5.72. The molecule has 0 saturated carbocycles. The number of hydrogen-bond acceptors (Lipinski definition) is 2. The topological polar surface area (TPSA) is 35.2 Å². The van der Waals surface area contributed by atoms with E-state index in [1.807, 2.05) is 6.92 Å². The van der Waals surface area contributed by atoms with Gasteiger partial charge in [-0.25, -0.2) is 0 Å². The first-order valence-electron chi connectivity index (χ1n) is 3.59. The monoisotopic (exact) mass is 141 g/mol.